The summed E-state index contributed by atoms with van der Waals surface area (Å²) >= 11 is 5.73. The quantitative estimate of drug-likeness (QED) is 0.750. The van der Waals surface area contributed by atoms with E-state index in [0.29, 0.717) is 16.1 Å². The average Bonchev–Trinajstić information content (AvgIpc) is 2.46. The molecule has 13 heavy (non-hydrogen) atoms. The fourth-order valence-corrected chi connectivity index (χ4v) is 1.16. The van der Waals surface area contributed by atoms with Crippen LogP contribution in [0.25, 0.3) is 11.1 Å². The van der Waals surface area contributed by atoms with Crippen molar-refractivity contribution in [2.75, 3.05) is 6.79 Å². The van der Waals surface area contributed by atoms with E-state index in [1.165, 1.54) is 0 Å². The summed E-state index contributed by atoms with van der Waals surface area (Å²) in [4.78, 5) is 3.93. The van der Waals surface area contributed by atoms with Crippen molar-refractivity contribution in [2.45, 2.75) is 0 Å². The number of ether oxygens (including phenoxy) is 1. The predicted molar refractivity (Wildman–Crippen MR) is 46.7 cm³/mol. The molecule has 0 radical (unpaired) electrons. The lowest BCUT2D eigenvalue weighted by Crippen LogP contribution is -1.93. The number of oxazole rings is 1. The molecule has 0 amide bonds. The third-order valence-electron chi connectivity index (χ3n) is 1.52. The van der Waals surface area contributed by atoms with Crippen molar-refractivity contribution in [3.05, 3.63) is 23.2 Å². The number of rotatable bonds is 2. The molecule has 0 bridgehead atoms. The molecule has 0 aliphatic carbocycles. The smallest absolute Gasteiger partial charge is 0.396 e. The molecule has 5 heteroatoms. The van der Waals surface area contributed by atoms with Gasteiger partial charge < -0.3 is 14.3 Å². The molecule has 0 atom stereocenters. The van der Waals surface area contributed by atoms with Crippen molar-refractivity contribution in [1.29, 1.82) is 0 Å². The second-order valence-corrected chi connectivity index (χ2v) is 2.80. The maximum atomic E-state index is 8.45. The van der Waals surface area contributed by atoms with Crippen molar-refractivity contribution in [1.82, 2.24) is 4.98 Å². The fourth-order valence-electron chi connectivity index (χ4n) is 0.996. The van der Waals surface area contributed by atoms with E-state index in [0.717, 1.165) is 0 Å². The van der Waals surface area contributed by atoms with Crippen molar-refractivity contribution in [2.24, 2.45) is 0 Å². The van der Waals surface area contributed by atoms with Gasteiger partial charge in [-0.15, -0.1) is 0 Å². The van der Waals surface area contributed by atoms with Gasteiger partial charge in [0.2, 0.25) is 0 Å². The van der Waals surface area contributed by atoms with Crippen LogP contribution in [0.15, 0.2) is 22.6 Å². The van der Waals surface area contributed by atoms with Crippen LogP contribution >= 0.6 is 11.6 Å². The first-order valence-corrected chi connectivity index (χ1v) is 3.97. The van der Waals surface area contributed by atoms with Crippen molar-refractivity contribution >= 4 is 22.7 Å². The Labute approximate surface area is 78.7 Å². The van der Waals surface area contributed by atoms with Gasteiger partial charge in [0.15, 0.2) is 12.4 Å². The lowest BCUT2D eigenvalue weighted by atomic mass is 10.3. The predicted octanol–water partition coefficient (Wildman–Crippen LogP) is 1.81. The SMILES string of the molecule is OCOc1nc2cc(Cl)ccc2o1. The molecule has 0 saturated carbocycles. The van der Waals surface area contributed by atoms with E-state index in [4.69, 9.17) is 21.1 Å². The van der Waals surface area contributed by atoms with Gasteiger partial charge in [0, 0.05) is 5.02 Å². The van der Waals surface area contributed by atoms with Crippen molar-refractivity contribution in [3.63, 3.8) is 0 Å². The van der Waals surface area contributed by atoms with Gasteiger partial charge in [-0.1, -0.05) is 11.6 Å². The van der Waals surface area contributed by atoms with Gasteiger partial charge >= 0.3 is 6.08 Å². The van der Waals surface area contributed by atoms with E-state index in [1.807, 2.05) is 0 Å². The number of hydrogen-bond acceptors (Lipinski definition) is 4. The molecule has 68 valence electrons. The van der Waals surface area contributed by atoms with E-state index in [2.05, 4.69) is 9.72 Å². The minimum Gasteiger partial charge on any atom is -0.423 e. The number of aliphatic hydroxyl groups is 1. The Hall–Kier alpha value is -1.26. The van der Waals surface area contributed by atoms with Crippen molar-refractivity contribution < 1.29 is 14.3 Å². The first-order chi connectivity index (χ1) is 6.29. The van der Waals surface area contributed by atoms with E-state index >= 15 is 0 Å². The molecule has 0 fully saturated rings. The molecule has 1 N–H and O–H groups in total. The second-order valence-electron chi connectivity index (χ2n) is 2.37. The van der Waals surface area contributed by atoms with Gasteiger partial charge in [-0.3, -0.25) is 0 Å². The van der Waals surface area contributed by atoms with E-state index in [1.54, 1.807) is 18.2 Å². The van der Waals surface area contributed by atoms with Crippen molar-refractivity contribution in [3.8, 4) is 6.08 Å². The molecule has 0 aliphatic rings. The topological polar surface area (TPSA) is 55.5 Å². The summed E-state index contributed by atoms with van der Waals surface area (Å²) < 4.78 is 9.78. The first kappa shape index (κ1) is 8.34. The third-order valence-corrected chi connectivity index (χ3v) is 1.75. The summed E-state index contributed by atoms with van der Waals surface area (Å²) in [6, 6.07) is 5.04. The molecule has 1 aromatic heterocycles. The standard InChI is InChI=1S/C8H6ClNO3/c9-5-1-2-7-6(3-5)10-8(13-7)12-4-11/h1-3,11H,4H2. The molecular formula is C8H6ClNO3. The average molecular weight is 200 g/mol. The Bertz CT molecular complexity index is 426. The minimum absolute atomic E-state index is 0.0415. The maximum Gasteiger partial charge on any atom is 0.396 e. The number of nitrogens with zero attached hydrogens (tertiary/aromatic N) is 1. The molecule has 4 nitrogen and oxygen atoms in total. The zero-order chi connectivity index (χ0) is 9.26. The maximum absolute atomic E-state index is 8.45. The van der Waals surface area contributed by atoms with Crippen LogP contribution in [0.1, 0.15) is 0 Å². The van der Waals surface area contributed by atoms with Crippen LogP contribution in [-0.4, -0.2) is 16.9 Å². The van der Waals surface area contributed by atoms with Gasteiger partial charge in [0.25, 0.3) is 0 Å². The zero-order valence-electron chi connectivity index (χ0n) is 6.53. The molecule has 0 unspecified atom stereocenters. The van der Waals surface area contributed by atoms with Crippen LogP contribution in [0, 0.1) is 0 Å². The van der Waals surface area contributed by atoms with E-state index in [9.17, 15) is 0 Å². The molecule has 0 saturated heterocycles. The number of aliphatic hydroxyl groups excluding tert-OH is 1. The lowest BCUT2D eigenvalue weighted by Gasteiger charge is -1.90. The fraction of sp³-hybridized carbons (Fsp3) is 0.125. The third kappa shape index (κ3) is 1.59. The number of benzene rings is 1. The normalized spacial score (nSPS) is 10.6. The number of fused-ring (bicyclic) bond motifs is 1. The summed E-state index contributed by atoms with van der Waals surface area (Å²) in [5.74, 6) is 0. The zero-order valence-corrected chi connectivity index (χ0v) is 7.28. The molecule has 0 spiro atoms. The minimum atomic E-state index is -0.458. The second kappa shape index (κ2) is 3.24. The lowest BCUT2D eigenvalue weighted by molar-refractivity contribution is 0.0714. The Morgan fingerprint density at radius 1 is 1.54 bits per heavy atom. The highest BCUT2D eigenvalue weighted by molar-refractivity contribution is 6.31. The Morgan fingerprint density at radius 3 is 3.15 bits per heavy atom. The Kier molecular flexibility index (Phi) is 2.08. The Balaban J connectivity index is 2.49. The molecule has 2 rings (SSSR count). The Morgan fingerprint density at radius 2 is 2.38 bits per heavy atom. The first-order valence-electron chi connectivity index (χ1n) is 3.59. The number of aromatic nitrogens is 1. The molecular weight excluding hydrogens is 194 g/mol. The van der Waals surface area contributed by atoms with Crippen LogP contribution in [0.4, 0.5) is 0 Å². The highest BCUT2D eigenvalue weighted by Crippen LogP contribution is 2.23. The van der Waals surface area contributed by atoms with Crippen LogP contribution in [0.2, 0.25) is 5.02 Å². The summed E-state index contributed by atoms with van der Waals surface area (Å²) in [5.41, 5.74) is 1.18. The van der Waals surface area contributed by atoms with Gasteiger partial charge in [0.05, 0.1) is 0 Å². The highest BCUT2D eigenvalue weighted by Gasteiger charge is 2.05. The molecule has 1 heterocycles. The van der Waals surface area contributed by atoms with Crippen LogP contribution in [0.5, 0.6) is 6.08 Å². The van der Waals surface area contributed by atoms with Gasteiger partial charge in [-0.05, 0) is 18.2 Å². The van der Waals surface area contributed by atoms with Crippen LogP contribution in [0.3, 0.4) is 0 Å². The summed E-state index contributed by atoms with van der Waals surface area (Å²) in [6.07, 6.45) is 0.0415. The monoisotopic (exact) mass is 199 g/mol. The van der Waals surface area contributed by atoms with E-state index in [-0.39, 0.29) is 6.08 Å². The van der Waals surface area contributed by atoms with Crippen LogP contribution < -0.4 is 4.74 Å². The van der Waals surface area contributed by atoms with E-state index < -0.39 is 6.79 Å². The molecule has 2 aromatic rings. The number of hydrogen-bond donors (Lipinski definition) is 1. The van der Waals surface area contributed by atoms with Crippen LogP contribution in [-0.2, 0) is 0 Å². The van der Waals surface area contributed by atoms with Gasteiger partial charge in [0.1, 0.15) is 5.52 Å². The number of halogens is 1. The van der Waals surface area contributed by atoms with Gasteiger partial charge in [-0.25, -0.2) is 0 Å². The molecule has 0 aliphatic heterocycles. The summed E-state index contributed by atoms with van der Waals surface area (Å²) in [6.45, 7) is -0.458. The summed E-state index contributed by atoms with van der Waals surface area (Å²) in [5, 5.41) is 9.03. The highest BCUT2D eigenvalue weighted by atomic mass is 35.5. The largest absolute Gasteiger partial charge is 0.423 e. The van der Waals surface area contributed by atoms with Gasteiger partial charge in [-0.2, -0.15) is 4.98 Å². The summed E-state index contributed by atoms with van der Waals surface area (Å²) in [7, 11) is 0. The molecule has 1 aromatic carbocycles.